The SMILES string of the molecule is Cc1cc(C)cc(N2CCN(C(=O)c3ccc(C4CNCN4)cc3)CC2)c1. The zero-order valence-corrected chi connectivity index (χ0v) is 16.2. The van der Waals surface area contributed by atoms with Crippen molar-refractivity contribution in [2.75, 3.05) is 44.3 Å². The number of nitrogens with one attached hydrogen (secondary N) is 2. The molecule has 0 bridgehead atoms. The number of rotatable bonds is 3. The molecule has 0 aliphatic carbocycles. The maximum Gasteiger partial charge on any atom is 0.253 e. The van der Waals surface area contributed by atoms with E-state index in [1.165, 1.54) is 22.4 Å². The highest BCUT2D eigenvalue weighted by atomic mass is 16.2. The first kappa shape index (κ1) is 18.0. The molecule has 2 aliphatic heterocycles. The van der Waals surface area contributed by atoms with E-state index in [-0.39, 0.29) is 5.91 Å². The lowest BCUT2D eigenvalue weighted by atomic mass is 10.0. The Kier molecular flexibility index (Phi) is 5.14. The second-order valence-corrected chi connectivity index (χ2v) is 7.63. The van der Waals surface area contributed by atoms with Crippen LogP contribution in [0.3, 0.4) is 0 Å². The number of piperazine rings is 1. The van der Waals surface area contributed by atoms with Crippen LogP contribution in [0.2, 0.25) is 0 Å². The molecule has 2 aromatic rings. The summed E-state index contributed by atoms with van der Waals surface area (Å²) < 4.78 is 0. The molecule has 1 unspecified atom stereocenters. The minimum atomic E-state index is 0.138. The topological polar surface area (TPSA) is 47.6 Å². The first-order valence-corrected chi connectivity index (χ1v) is 9.77. The molecule has 4 rings (SSSR count). The van der Waals surface area contributed by atoms with Crippen molar-refractivity contribution in [1.82, 2.24) is 15.5 Å². The molecule has 2 heterocycles. The molecule has 0 spiro atoms. The number of anilines is 1. The highest BCUT2D eigenvalue weighted by Crippen LogP contribution is 2.21. The average molecular weight is 364 g/mol. The van der Waals surface area contributed by atoms with Crippen LogP contribution in [0.1, 0.15) is 33.1 Å². The third-order valence-corrected chi connectivity index (χ3v) is 5.52. The lowest BCUT2D eigenvalue weighted by Gasteiger charge is -2.36. The van der Waals surface area contributed by atoms with Gasteiger partial charge in [-0.25, -0.2) is 0 Å². The van der Waals surface area contributed by atoms with Gasteiger partial charge in [-0.05, 0) is 54.8 Å². The Balaban J connectivity index is 1.38. The number of carbonyl (C=O) groups excluding carboxylic acids is 1. The molecule has 0 saturated carbocycles. The Hall–Kier alpha value is -2.37. The van der Waals surface area contributed by atoms with Crippen LogP contribution < -0.4 is 15.5 Å². The Morgan fingerprint density at radius 2 is 1.63 bits per heavy atom. The fraction of sp³-hybridized carbons (Fsp3) is 0.409. The first-order chi connectivity index (χ1) is 13.1. The largest absolute Gasteiger partial charge is 0.368 e. The van der Waals surface area contributed by atoms with Gasteiger partial charge in [-0.2, -0.15) is 0 Å². The van der Waals surface area contributed by atoms with Crippen LogP contribution in [-0.2, 0) is 0 Å². The van der Waals surface area contributed by atoms with Crippen LogP contribution in [0.5, 0.6) is 0 Å². The van der Waals surface area contributed by atoms with Crippen LogP contribution in [0.4, 0.5) is 5.69 Å². The lowest BCUT2D eigenvalue weighted by Crippen LogP contribution is -2.48. The van der Waals surface area contributed by atoms with Crippen molar-refractivity contribution in [2.24, 2.45) is 0 Å². The molecule has 1 amide bonds. The maximum atomic E-state index is 12.9. The summed E-state index contributed by atoms with van der Waals surface area (Å²) in [4.78, 5) is 17.2. The van der Waals surface area contributed by atoms with Crippen molar-refractivity contribution in [3.63, 3.8) is 0 Å². The van der Waals surface area contributed by atoms with Crippen LogP contribution in [0.25, 0.3) is 0 Å². The van der Waals surface area contributed by atoms with E-state index in [4.69, 9.17) is 0 Å². The molecule has 2 N–H and O–H groups in total. The van der Waals surface area contributed by atoms with E-state index in [1.807, 2.05) is 17.0 Å². The second-order valence-electron chi connectivity index (χ2n) is 7.63. The van der Waals surface area contributed by atoms with E-state index in [1.54, 1.807) is 0 Å². The van der Waals surface area contributed by atoms with E-state index in [9.17, 15) is 4.79 Å². The van der Waals surface area contributed by atoms with Crippen molar-refractivity contribution in [3.05, 3.63) is 64.7 Å². The molecule has 5 heteroatoms. The number of amides is 1. The number of hydrogen-bond acceptors (Lipinski definition) is 4. The van der Waals surface area contributed by atoms with Gasteiger partial charge in [-0.1, -0.05) is 18.2 Å². The lowest BCUT2D eigenvalue weighted by molar-refractivity contribution is 0.0746. The van der Waals surface area contributed by atoms with Crippen molar-refractivity contribution >= 4 is 11.6 Å². The highest BCUT2D eigenvalue weighted by molar-refractivity contribution is 5.94. The summed E-state index contributed by atoms with van der Waals surface area (Å²) in [6.07, 6.45) is 0. The first-order valence-electron chi connectivity index (χ1n) is 9.77. The van der Waals surface area contributed by atoms with E-state index >= 15 is 0 Å². The summed E-state index contributed by atoms with van der Waals surface area (Å²) in [7, 11) is 0. The summed E-state index contributed by atoms with van der Waals surface area (Å²) in [5.41, 5.74) is 5.86. The zero-order valence-electron chi connectivity index (χ0n) is 16.2. The molecule has 2 fully saturated rings. The molecule has 142 valence electrons. The van der Waals surface area contributed by atoms with Gasteiger partial charge in [0.05, 0.1) is 0 Å². The monoisotopic (exact) mass is 364 g/mol. The quantitative estimate of drug-likeness (QED) is 0.878. The van der Waals surface area contributed by atoms with E-state index in [2.05, 4.69) is 59.7 Å². The molecule has 2 aliphatic rings. The normalized spacial score (nSPS) is 20.1. The van der Waals surface area contributed by atoms with Gasteiger partial charge in [0.2, 0.25) is 0 Å². The van der Waals surface area contributed by atoms with Gasteiger partial charge in [-0.3, -0.25) is 10.1 Å². The summed E-state index contributed by atoms with van der Waals surface area (Å²) in [6, 6.07) is 15.1. The molecule has 0 aromatic heterocycles. The van der Waals surface area contributed by atoms with Crippen LogP contribution in [0.15, 0.2) is 42.5 Å². The Labute approximate surface area is 161 Å². The van der Waals surface area contributed by atoms with Gasteiger partial charge < -0.3 is 15.1 Å². The van der Waals surface area contributed by atoms with Crippen molar-refractivity contribution in [1.29, 1.82) is 0 Å². The molecule has 27 heavy (non-hydrogen) atoms. The number of nitrogens with zero attached hydrogens (tertiary/aromatic N) is 2. The van der Waals surface area contributed by atoms with Crippen molar-refractivity contribution in [2.45, 2.75) is 19.9 Å². The number of benzene rings is 2. The van der Waals surface area contributed by atoms with Crippen molar-refractivity contribution in [3.8, 4) is 0 Å². The molecule has 0 radical (unpaired) electrons. The zero-order chi connectivity index (χ0) is 18.8. The number of hydrogen-bond donors (Lipinski definition) is 2. The van der Waals surface area contributed by atoms with Gasteiger partial charge in [0.25, 0.3) is 5.91 Å². The molecule has 5 nitrogen and oxygen atoms in total. The van der Waals surface area contributed by atoms with Crippen LogP contribution in [0, 0.1) is 13.8 Å². The second kappa shape index (κ2) is 7.71. The Morgan fingerprint density at radius 1 is 0.963 bits per heavy atom. The third-order valence-electron chi connectivity index (χ3n) is 5.52. The van der Waals surface area contributed by atoms with Gasteiger partial charge in [0.1, 0.15) is 0 Å². The number of carbonyl (C=O) groups is 1. The predicted molar refractivity (Wildman–Crippen MR) is 109 cm³/mol. The van der Waals surface area contributed by atoms with Gasteiger partial charge in [0, 0.05) is 56.7 Å². The van der Waals surface area contributed by atoms with Crippen LogP contribution in [-0.4, -0.2) is 50.2 Å². The van der Waals surface area contributed by atoms with Gasteiger partial charge in [0.15, 0.2) is 0 Å². The number of aryl methyl sites for hydroxylation is 2. The van der Waals surface area contributed by atoms with E-state index in [0.717, 1.165) is 45.0 Å². The molecule has 2 saturated heterocycles. The minimum Gasteiger partial charge on any atom is -0.368 e. The molecule has 1 atom stereocenters. The minimum absolute atomic E-state index is 0.138. The van der Waals surface area contributed by atoms with E-state index in [0.29, 0.717) is 6.04 Å². The third kappa shape index (κ3) is 3.99. The fourth-order valence-corrected chi connectivity index (χ4v) is 4.06. The summed E-state index contributed by atoms with van der Waals surface area (Å²) in [5.74, 6) is 0.138. The smallest absolute Gasteiger partial charge is 0.253 e. The summed E-state index contributed by atoms with van der Waals surface area (Å²) in [6.45, 7) is 9.34. The van der Waals surface area contributed by atoms with E-state index < -0.39 is 0 Å². The maximum absolute atomic E-state index is 12.9. The molecular formula is C22H28N4O. The molecule has 2 aromatic carbocycles. The fourth-order valence-electron chi connectivity index (χ4n) is 4.06. The molecular weight excluding hydrogens is 336 g/mol. The predicted octanol–water partition coefficient (Wildman–Crippen LogP) is 2.46. The summed E-state index contributed by atoms with van der Waals surface area (Å²) in [5, 5.41) is 6.69. The average Bonchev–Trinajstić information content (AvgIpc) is 3.22. The Bertz CT molecular complexity index is 783. The van der Waals surface area contributed by atoms with Gasteiger partial charge >= 0.3 is 0 Å². The highest BCUT2D eigenvalue weighted by Gasteiger charge is 2.23. The van der Waals surface area contributed by atoms with Crippen molar-refractivity contribution < 1.29 is 4.79 Å². The standard InChI is InChI=1S/C22H28N4O/c1-16-11-17(2)13-20(12-16)25-7-9-26(10-8-25)22(27)19-5-3-18(4-6-19)21-14-23-15-24-21/h3-6,11-13,21,23-24H,7-10,14-15H2,1-2H3. The van der Waals surface area contributed by atoms with Gasteiger partial charge in [-0.15, -0.1) is 0 Å². The Morgan fingerprint density at radius 3 is 2.22 bits per heavy atom. The van der Waals surface area contributed by atoms with Crippen LogP contribution >= 0.6 is 0 Å². The summed E-state index contributed by atoms with van der Waals surface area (Å²) >= 11 is 0.